The fraction of sp³-hybridized carbons (Fsp3) is 0.143. The zero-order valence-corrected chi connectivity index (χ0v) is 10.4. The average molecular weight is 238 g/mol. The van der Waals surface area contributed by atoms with Crippen molar-refractivity contribution >= 4 is 16.7 Å². The van der Waals surface area contributed by atoms with Crippen molar-refractivity contribution in [2.45, 2.75) is 6.92 Å². The van der Waals surface area contributed by atoms with E-state index in [1.54, 1.807) is 6.20 Å². The summed E-state index contributed by atoms with van der Waals surface area (Å²) in [5.41, 5.74) is 10.8. The Balaban J connectivity index is 2.31. The highest BCUT2D eigenvalue weighted by atomic mass is 15.1. The maximum atomic E-state index is 5.86. The van der Waals surface area contributed by atoms with Gasteiger partial charge in [-0.25, -0.2) is 4.98 Å². The summed E-state index contributed by atoms with van der Waals surface area (Å²) in [4.78, 5) is 8.79. The normalized spacial score (nSPS) is 11.0. The summed E-state index contributed by atoms with van der Waals surface area (Å²) in [5.74, 6) is 0.919. The van der Waals surface area contributed by atoms with Crippen LogP contribution in [0.15, 0.2) is 36.7 Å². The molecule has 3 aromatic rings. The lowest BCUT2D eigenvalue weighted by Gasteiger charge is -2.07. The van der Waals surface area contributed by atoms with E-state index in [0.29, 0.717) is 0 Å². The van der Waals surface area contributed by atoms with E-state index in [-0.39, 0.29) is 0 Å². The van der Waals surface area contributed by atoms with Crippen molar-refractivity contribution in [1.82, 2.24) is 14.5 Å². The lowest BCUT2D eigenvalue weighted by Crippen LogP contribution is -1.96. The molecule has 3 rings (SSSR count). The highest BCUT2D eigenvalue weighted by molar-refractivity contribution is 5.80. The van der Waals surface area contributed by atoms with Crippen LogP contribution in [0.3, 0.4) is 0 Å². The molecule has 2 aromatic heterocycles. The molecule has 0 unspecified atom stereocenters. The van der Waals surface area contributed by atoms with Gasteiger partial charge in [-0.1, -0.05) is 6.07 Å². The second kappa shape index (κ2) is 3.84. The molecule has 0 saturated carbocycles. The smallest absolute Gasteiger partial charge is 0.141 e. The van der Waals surface area contributed by atoms with Crippen LogP contribution in [0.5, 0.6) is 0 Å². The minimum Gasteiger partial charge on any atom is -0.399 e. The fourth-order valence-corrected chi connectivity index (χ4v) is 2.16. The van der Waals surface area contributed by atoms with E-state index in [1.165, 1.54) is 0 Å². The highest BCUT2D eigenvalue weighted by Crippen LogP contribution is 2.27. The van der Waals surface area contributed by atoms with Crippen LogP contribution in [0.25, 0.3) is 22.4 Å². The van der Waals surface area contributed by atoms with Gasteiger partial charge in [0.1, 0.15) is 5.82 Å². The van der Waals surface area contributed by atoms with E-state index in [9.17, 15) is 0 Å². The first-order valence-electron chi connectivity index (χ1n) is 5.80. The summed E-state index contributed by atoms with van der Waals surface area (Å²) >= 11 is 0. The van der Waals surface area contributed by atoms with E-state index >= 15 is 0 Å². The number of nitrogens with zero attached hydrogens (tertiary/aromatic N) is 3. The number of aromatic nitrogens is 3. The molecule has 4 heteroatoms. The Kier molecular flexibility index (Phi) is 2.30. The van der Waals surface area contributed by atoms with Gasteiger partial charge in [-0.3, -0.25) is 4.98 Å². The summed E-state index contributed by atoms with van der Waals surface area (Å²) < 4.78 is 2.05. The summed E-state index contributed by atoms with van der Waals surface area (Å²) in [6, 6.07) is 7.80. The summed E-state index contributed by atoms with van der Waals surface area (Å²) in [5, 5.41) is 0. The third-order valence-corrected chi connectivity index (χ3v) is 3.19. The molecule has 0 radical (unpaired) electrons. The Morgan fingerprint density at radius 3 is 2.83 bits per heavy atom. The van der Waals surface area contributed by atoms with Gasteiger partial charge in [0.25, 0.3) is 0 Å². The van der Waals surface area contributed by atoms with Crippen molar-refractivity contribution in [2.75, 3.05) is 5.73 Å². The molecular weight excluding hydrogens is 224 g/mol. The summed E-state index contributed by atoms with van der Waals surface area (Å²) in [7, 11) is 2.00. The molecule has 0 fully saturated rings. The van der Waals surface area contributed by atoms with Gasteiger partial charge >= 0.3 is 0 Å². The van der Waals surface area contributed by atoms with Crippen LogP contribution in [0.4, 0.5) is 5.69 Å². The number of anilines is 1. The molecule has 90 valence electrons. The average Bonchev–Trinajstić information content (AvgIpc) is 2.71. The largest absolute Gasteiger partial charge is 0.399 e. The van der Waals surface area contributed by atoms with Gasteiger partial charge in [0.2, 0.25) is 0 Å². The lowest BCUT2D eigenvalue weighted by atomic mass is 10.1. The maximum absolute atomic E-state index is 5.86. The van der Waals surface area contributed by atoms with Gasteiger partial charge in [0, 0.05) is 24.5 Å². The Labute approximate surface area is 105 Å². The predicted octanol–water partition coefficient (Wildman–Crippen LogP) is 2.53. The Hall–Kier alpha value is -2.36. The van der Waals surface area contributed by atoms with E-state index < -0.39 is 0 Å². The molecule has 1 aromatic carbocycles. The van der Waals surface area contributed by atoms with Crippen LogP contribution in [-0.4, -0.2) is 14.5 Å². The Morgan fingerprint density at radius 2 is 2.06 bits per heavy atom. The highest BCUT2D eigenvalue weighted by Gasteiger charge is 2.11. The number of pyridine rings is 1. The Morgan fingerprint density at radius 1 is 1.22 bits per heavy atom. The van der Waals surface area contributed by atoms with Crippen LogP contribution in [0.2, 0.25) is 0 Å². The second-order valence-corrected chi connectivity index (χ2v) is 4.43. The number of hydrogen-bond acceptors (Lipinski definition) is 3. The van der Waals surface area contributed by atoms with E-state index in [1.807, 2.05) is 42.1 Å². The molecule has 2 N–H and O–H groups in total. The number of rotatable bonds is 1. The molecule has 0 aliphatic heterocycles. The molecule has 0 aliphatic rings. The van der Waals surface area contributed by atoms with E-state index in [2.05, 4.69) is 16.9 Å². The topological polar surface area (TPSA) is 56.7 Å². The first-order chi connectivity index (χ1) is 8.66. The zero-order valence-electron chi connectivity index (χ0n) is 10.4. The monoisotopic (exact) mass is 238 g/mol. The number of hydrogen-bond donors (Lipinski definition) is 1. The third-order valence-electron chi connectivity index (χ3n) is 3.19. The van der Waals surface area contributed by atoms with E-state index in [0.717, 1.165) is 33.7 Å². The van der Waals surface area contributed by atoms with Crippen LogP contribution >= 0.6 is 0 Å². The summed E-state index contributed by atoms with van der Waals surface area (Å²) in [6.45, 7) is 2.06. The molecule has 0 saturated heterocycles. The van der Waals surface area contributed by atoms with Crippen LogP contribution in [0, 0.1) is 6.92 Å². The fourth-order valence-electron chi connectivity index (χ4n) is 2.16. The zero-order chi connectivity index (χ0) is 12.7. The first kappa shape index (κ1) is 10.8. The Bertz CT molecular complexity index is 728. The number of imidazole rings is 1. The molecule has 0 bridgehead atoms. The van der Waals surface area contributed by atoms with Crippen molar-refractivity contribution in [1.29, 1.82) is 0 Å². The molecular formula is C14H14N4. The second-order valence-electron chi connectivity index (χ2n) is 4.43. The van der Waals surface area contributed by atoms with Crippen molar-refractivity contribution in [2.24, 2.45) is 7.05 Å². The van der Waals surface area contributed by atoms with Gasteiger partial charge in [0.05, 0.1) is 17.2 Å². The van der Waals surface area contributed by atoms with Crippen LogP contribution in [-0.2, 0) is 7.05 Å². The maximum Gasteiger partial charge on any atom is 0.141 e. The van der Waals surface area contributed by atoms with Gasteiger partial charge < -0.3 is 10.3 Å². The standard InChI is InChI=1S/C14H14N4/c1-9-3-4-10(15)7-11(9)14-17-12-5-6-16-8-13(12)18(14)2/h3-8H,15H2,1-2H3. The van der Waals surface area contributed by atoms with Crippen molar-refractivity contribution in [3.8, 4) is 11.4 Å². The van der Waals surface area contributed by atoms with Crippen LogP contribution < -0.4 is 5.73 Å². The van der Waals surface area contributed by atoms with Crippen LogP contribution in [0.1, 0.15) is 5.56 Å². The van der Waals surface area contributed by atoms with Crippen molar-refractivity contribution in [3.63, 3.8) is 0 Å². The molecule has 4 nitrogen and oxygen atoms in total. The predicted molar refractivity (Wildman–Crippen MR) is 73.1 cm³/mol. The lowest BCUT2D eigenvalue weighted by molar-refractivity contribution is 0.954. The molecule has 0 aliphatic carbocycles. The number of aryl methyl sites for hydroxylation is 2. The number of fused-ring (bicyclic) bond motifs is 1. The quantitative estimate of drug-likeness (QED) is 0.663. The van der Waals surface area contributed by atoms with Crippen molar-refractivity contribution < 1.29 is 0 Å². The number of nitrogens with two attached hydrogens (primary N) is 1. The SMILES string of the molecule is Cc1ccc(N)cc1-c1nc2ccncc2n1C. The number of nitrogen functional groups attached to an aromatic ring is 1. The third kappa shape index (κ3) is 1.54. The molecule has 0 atom stereocenters. The van der Waals surface area contributed by atoms with Gasteiger partial charge in [-0.2, -0.15) is 0 Å². The minimum absolute atomic E-state index is 0.751. The van der Waals surface area contributed by atoms with Gasteiger partial charge in [-0.15, -0.1) is 0 Å². The summed E-state index contributed by atoms with van der Waals surface area (Å²) in [6.07, 6.45) is 3.58. The molecule has 2 heterocycles. The minimum atomic E-state index is 0.751. The van der Waals surface area contributed by atoms with Gasteiger partial charge in [0.15, 0.2) is 0 Å². The molecule has 18 heavy (non-hydrogen) atoms. The van der Waals surface area contributed by atoms with E-state index in [4.69, 9.17) is 5.73 Å². The number of benzene rings is 1. The molecule has 0 spiro atoms. The first-order valence-corrected chi connectivity index (χ1v) is 5.80. The van der Waals surface area contributed by atoms with Gasteiger partial charge in [-0.05, 0) is 30.7 Å². The van der Waals surface area contributed by atoms with Crippen molar-refractivity contribution in [3.05, 3.63) is 42.2 Å². The molecule has 0 amide bonds.